The van der Waals surface area contributed by atoms with Crippen LogP contribution in [0.1, 0.15) is 36.9 Å². The normalized spacial score (nSPS) is 15.7. The van der Waals surface area contributed by atoms with Gasteiger partial charge in [0.1, 0.15) is 12.4 Å². The minimum Gasteiger partial charge on any atom is -0.348 e. The SMILES string of the molecule is CNC(C)C(=O)Nc1ncc(-c2ccc(F)cc2)n(CC(=O)NC2CCCc3ccccc32)c1=O. The largest absolute Gasteiger partial charge is 0.348 e. The topological polar surface area (TPSA) is 105 Å². The molecule has 1 aromatic heterocycles. The van der Waals surface area contributed by atoms with Crippen molar-refractivity contribution in [1.82, 2.24) is 20.2 Å². The third-order valence-corrected chi connectivity index (χ3v) is 6.27. The molecule has 2 unspecified atom stereocenters. The van der Waals surface area contributed by atoms with Gasteiger partial charge in [-0.05, 0) is 68.6 Å². The molecule has 3 aromatic rings. The number of benzene rings is 2. The molecule has 182 valence electrons. The van der Waals surface area contributed by atoms with E-state index in [1.165, 1.54) is 40.6 Å². The van der Waals surface area contributed by atoms with E-state index in [9.17, 15) is 18.8 Å². The third-order valence-electron chi connectivity index (χ3n) is 6.27. The maximum absolute atomic E-state index is 13.5. The van der Waals surface area contributed by atoms with Crippen molar-refractivity contribution in [3.63, 3.8) is 0 Å². The second-order valence-electron chi connectivity index (χ2n) is 8.60. The molecule has 0 saturated carbocycles. The van der Waals surface area contributed by atoms with Crippen molar-refractivity contribution in [1.29, 1.82) is 0 Å². The molecule has 8 nitrogen and oxygen atoms in total. The molecule has 4 rings (SSSR count). The van der Waals surface area contributed by atoms with Crippen molar-refractivity contribution in [2.24, 2.45) is 0 Å². The Morgan fingerprint density at radius 2 is 1.91 bits per heavy atom. The lowest BCUT2D eigenvalue weighted by Gasteiger charge is -2.26. The van der Waals surface area contributed by atoms with Gasteiger partial charge in [0.05, 0.1) is 24.0 Å². The first kappa shape index (κ1) is 24.3. The van der Waals surface area contributed by atoms with E-state index in [1.807, 2.05) is 18.2 Å². The molecule has 0 aliphatic heterocycles. The summed E-state index contributed by atoms with van der Waals surface area (Å²) < 4.78 is 14.7. The number of nitrogens with one attached hydrogen (secondary N) is 3. The highest BCUT2D eigenvalue weighted by atomic mass is 19.1. The molecule has 1 aliphatic carbocycles. The van der Waals surface area contributed by atoms with E-state index in [2.05, 4.69) is 27.0 Å². The number of carbonyl (C=O) groups is 2. The van der Waals surface area contributed by atoms with Crippen LogP contribution in [0.4, 0.5) is 10.2 Å². The van der Waals surface area contributed by atoms with Gasteiger partial charge in [0.2, 0.25) is 11.8 Å². The molecule has 0 spiro atoms. The minimum absolute atomic E-state index is 0.144. The molecule has 1 aliphatic rings. The van der Waals surface area contributed by atoms with Crippen molar-refractivity contribution in [3.05, 3.63) is 82.0 Å². The molecule has 1 heterocycles. The Kier molecular flexibility index (Phi) is 7.36. The maximum Gasteiger partial charge on any atom is 0.294 e. The highest BCUT2D eigenvalue weighted by Crippen LogP contribution is 2.29. The standard InChI is InChI=1S/C26H28FN5O3/c1-16(28-2)25(34)31-24-26(35)32(22(14-29-24)18-10-12-19(27)13-11-18)15-23(33)30-21-9-5-7-17-6-3-4-8-20(17)21/h3-4,6,8,10-14,16,21,28H,5,7,9,15H2,1-2H3,(H,30,33)(H,29,31,34). The van der Waals surface area contributed by atoms with Crippen LogP contribution in [0.15, 0.2) is 59.5 Å². The molecule has 3 N–H and O–H groups in total. The number of hydrogen-bond acceptors (Lipinski definition) is 5. The number of fused-ring (bicyclic) bond motifs is 1. The zero-order chi connectivity index (χ0) is 24.9. The van der Waals surface area contributed by atoms with Gasteiger partial charge in [-0.25, -0.2) is 9.37 Å². The van der Waals surface area contributed by atoms with Crippen LogP contribution < -0.4 is 21.5 Å². The van der Waals surface area contributed by atoms with Crippen LogP contribution in [0, 0.1) is 5.82 Å². The summed E-state index contributed by atoms with van der Waals surface area (Å²) in [5.74, 6) is -1.38. The van der Waals surface area contributed by atoms with Crippen LogP contribution in [0.2, 0.25) is 0 Å². The van der Waals surface area contributed by atoms with Gasteiger partial charge in [-0.1, -0.05) is 24.3 Å². The molecule has 0 radical (unpaired) electrons. The fourth-order valence-electron chi connectivity index (χ4n) is 4.23. The van der Waals surface area contributed by atoms with Gasteiger partial charge >= 0.3 is 0 Å². The van der Waals surface area contributed by atoms with Crippen LogP contribution in [-0.4, -0.2) is 34.5 Å². The van der Waals surface area contributed by atoms with Crippen LogP contribution in [0.25, 0.3) is 11.3 Å². The number of carbonyl (C=O) groups excluding carboxylic acids is 2. The summed E-state index contributed by atoms with van der Waals surface area (Å²) in [7, 11) is 1.63. The van der Waals surface area contributed by atoms with Gasteiger partial charge < -0.3 is 16.0 Å². The first-order valence-electron chi connectivity index (χ1n) is 11.6. The van der Waals surface area contributed by atoms with E-state index >= 15 is 0 Å². The molecule has 2 aromatic carbocycles. The summed E-state index contributed by atoms with van der Waals surface area (Å²) >= 11 is 0. The number of halogens is 1. The van der Waals surface area contributed by atoms with E-state index in [4.69, 9.17) is 0 Å². The second kappa shape index (κ2) is 10.6. The van der Waals surface area contributed by atoms with Gasteiger partial charge in [-0.3, -0.25) is 19.0 Å². The first-order chi connectivity index (χ1) is 16.9. The van der Waals surface area contributed by atoms with Crippen molar-refractivity contribution < 1.29 is 14.0 Å². The Morgan fingerprint density at radius 3 is 2.66 bits per heavy atom. The Balaban J connectivity index is 1.65. The van der Waals surface area contributed by atoms with Crippen molar-refractivity contribution in [3.8, 4) is 11.3 Å². The summed E-state index contributed by atoms with van der Waals surface area (Å²) in [5, 5.41) is 8.37. The minimum atomic E-state index is -0.623. The predicted octanol–water partition coefficient (Wildman–Crippen LogP) is 2.79. The average Bonchev–Trinajstić information content (AvgIpc) is 2.87. The molecular weight excluding hydrogens is 449 g/mol. The van der Waals surface area contributed by atoms with Gasteiger partial charge in [0.15, 0.2) is 5.82 Å². The monoisotopic (exact) mass is 477 g/mol. The molecule has 0 fully saturated rings. The van der Waals surface area contributed by atoms with Crippen molar-refractivity contribution in [2.45, 2.75) is 44.8 Å². The van der Waals surface area contributed by atoms with Gasteiger partial charge in [0.25, 0.3) is 5.56 Å². The number of nitrogens with zero attached hydrogens (tertiary/aromatic N) is 2. The van der Waals surface area contributed by atoms with Crippen LogP contribution in [0.5, 0.6) is 0 Å². The first-order valence-corrected chi connectivity index (χ1v) is 11.6. The Morgan fingerprint density at radius 1 is 1.17 bits per heavy atom. The van der Waals surface area contributed by atoms with Crippen molar-refractivity contribution >= 4 is 17.6 Å². The highest BCUT2D eigenvalue weighted by Gasteiger charge is 2.23. The van der Waals surface area contributed by atoms with E-state index in [0.717, 1.165) is 24.8 Å². The molecule has 2 amide bonds. The Labute approximate surface area is 202 Å². The third kappa shape index (κ3) is 5.46. The lowest BCUT2D eigenvalue weighted by Crippen LogP contribution is -2.40. The van der Waals surface area contributed by atoms with Crippen LogP contribution in [-0.2, 0) is 22.6 Å². The molecular formula is C26H28FN5O3. The number of anilines is 1. The number of amides is 2. The zero-order valence-corrected chi connectivity index (χ0v) is 19.7. The van der Waals surface area contributed by atoms with E-state index in [-0.39, 0.29) is 24.3 Å². The molecule has 9 heteroatoms. The maximum atomic E-state index is 13.5. The molecule has 0 saturated heterocycles. The van der Waals surface area contributed by atoms with E-state index < -0.39 is 23.3 Å². The molecule has 0 bridgehead atoms. The summed E-state index contributed by atoms with van der Waals surface area (Å²) in [6.45, 7) is 1.37. The summed E-state index contributed by atoms with van der Waals surface area (Å²) in [4.78, 5) is 42.9. The second-order valence-corrected chi connectivity index (χ2v) is 8.60. The quantitative estimate of drug-likeness (QED) is 0.485. The molecule has 35 heavy (non-hydrogen) atoms. The number of aryl methyl sites for hydroxylation is 1. The van der Waals surface area contributed by atoms with Crippen LogP contribution >= 0.6 is 0 Å². The summed E-state index contributed by atoms with van der Waals surface area (Å²) in [6.07, 6.45) is 4.13. The van der Waals surface area contributed by atoms with Crippen LogP contribution in [0.3, 0.4) is 0 Å². The zero-order valence-electron chi connectivity index (χ0n) is 19.7. The number of hydrogen-bond donors (Lipinski definition) is 3. The summed E-state index contributed by atoms with van der Waals surface area (Å²) in [6, 6.07) is 12.9. The number of rotatable bonds is 7. The average molecular weight is 478 g/mol. The highest BCUT2D eigenvalue weighted by molar-refractivity contribution is 5.93. The van der Waals surface area contributed by atoms with Gasteiger partial charge in [0, 0.05) is 5.56 Å². The Bertz CT molecular complexity index is 1290. The smallest absolute Gasteiger partial charge is 0.294 e. The molecule has 2 atom stereocenters. The fourth-order valence-corrected chi connectivity index (χ4v) is 4.23. The van der Waals surface area contributed by atoms with Gasteiger partial charge in [-0.2, -0.15) is 0 Å². The fraction of sp³-hybridized carbons (Fsp3) is 0.308. The predicted molar refractivity (Wildman–Crippen MR) is 131 cm³/mol. The number of likely N-dealkylation sites (N-methyl/N-ethyl adjacent to an activating group) is 1. The summed E-state index contributed by atoms with van der Waals surface area (Å²) in [5.41, 5.74) is 2.53. The van der Waals surface area contributed by atoms with E-state index in [1.54, 1.807) is 14.0 Å². The van der Waals surface area contributed by atoms with Gasteiger partial charge in [-0.15, -0.1) is 0 Å². The number of aromatic nitrogens is 2. The van der Waals surface area contributed by atoms with Crippen molar-refractivity contribution in [2.75, 3.05) is 12.4 Å². The lowest BCUT2D eigenvalue weighted by atomic mass is 9.88. The lowest BCUT2D eigenvalue weighted by molar-refractivity contribution is -0.122. The Hall–Kier alpha value is -3.85. The van der Waals surface area contributed by atoms with E-state index in [0.29, 0.717) is 11.3 Å².